The van der Waals surface area contributed by atoms with E-state index in [4.69, 9.17) is 5.11 Å². The molecular weight excluding hydrogens is 248 g/mol. The minimum atomic E-state index is -1.07. The molecule has 0 saturated carbocycles. The summed E-state index contributed by atoms with van der Waals surface area (Å²) < 4.78 is 0. The van der Waals surface area contributed by atoms with Gasteiger partial charge in [-0.05, 0) is 17.7 Å². The van der Waals surface area contributed by atoms with E-state index >= 15 is 0 Å². The van der Waals surface area contributed by atoms with Crippen molar-refractivity contribution < 1.29 is 9.90 Å². The third kappa shape index (κ3) is 3.78. The molecule has 1 heterocycles. The van der Waals surface area contributed by atoms with Crippen molar-refractivity contribution in [1.29, 1.82) is 0 Å². The van der Waals surface area contributed by atoms with Gasteiger partial charge < -0.3 is 5.11 Å². The molecule has 0 spiro atoms. The molecular formula is C13H12N2O2S. The van der Waals surface area contributed by atoms with E-state index in [1.807, 2.05) is 30.3 Å². The first kappa shape index (κ1) is 12.4. The Morgan fingerprint density at radius 2 is 2.06 bits per heavy atom. The van der Waals surface area contributed by atoms with Crippen LogP contribution in [0.5, 0.6) is 0 Å². The molecule has 0 aliphatic carbocycles. The number of carboxylic acid groups (broad SMARTS) is 1. The maximum absolute atomic E-state index is 10.5. The predicted octanol–water partition coefficient (Wildman–Crippen LogP) is 3.46. The van der Waals surface area contributed by atoms with Crippen molar-refractivity contribution in [2.45, 2.75) is 10.8 Å². The standard InChI is InChI=1S/C13H12N2O2S/c16-13(17)15-11-6-7-14-12(8-11)18-9-10-4-2-1-3-5-10/h1-8H,9H2,(H,14,15)(H,16,17). The van der Waals surface area contributed by atoms with Crippen LogP contribution >= 0.6 is 11.8 Å². The van der Waals surface area contributed by atoms with E-state index in [2.05, 4.69) is 10.3 Å². The Bertz CT molecular complexity index is 532. The lowest BCUT2D eigenvalue weighted by Crippen LogP contribution is -2.07. The molecule has 92 valence electrons. The summed E-state index contributed by atoms with van der Waals surface area (Å²) in [4.78, 5) is 14.7. The Hall–Kier alpha value is -2.01. The third-order valence-corrected chi connectivity index (χ3v) is 3.21. The zero-order valence-electron chi connectivity index (χ0n) is 9.54. The van der Waals surface area contributed by atoms with Crippen LogP contribution in [0.3, 0.4) is 0 Å². The van der Waals surface area contributed by atoms with Crippen LogP contribution in [0.15, 0.2) is 53.7 Å². The molecule has 0 bridgehead atoms. The Morgan fingerprint density at radius 1 is 1.28 bits per heavy atom. The highest BCUT2D eigenvalue weighted by Crippen LogP contribution is 2.22. The van der Waals surface area contributed by atoms with E-state index < -0.39 is 6.09 Å². The first-order chi connectivity index (χ1) is 8.74. The number of pyridine rings is 1. The molecule has 4 nitrogen and oxygen atoms in total. The maximum Gasteiger partial charge on any atom is 0.409 e. The number of thioether (sulfide) groups is 1. The molecule has 18 heavy (non-hydrogen) atoms. The Balaban J connectivity index is 1.99. The van der Waals surface area contributed by atoms with Crippen molar-refractivity contribution in [1.82, 2.24) is 4.98 Å². The summed E-state index contributed by atoms with van der Waals surface area (Å²) in [5.74, 6) is 0.810. The largest absolute Gasteiger partial charge is 0.465 e. The van der Waals surface area contributed by atoms with Gasteiger partial charge in [0.15, 0.2) is 0 Å². The SMILES string of the molecule is O=C(O)Nc1ccnc(SCc2ccccc2)c1. The summed E-state index contributed by atoms with van der Waals surface area (Å²) in [5, 5.41) is 11.7. The molecule has 1 aromatic carbocycles. The fourth-order valence-electron chi connectivity index (χ4n) is 1.42. The van der Waals surface area contributed by atoms with Crippen LogP contribution in [0.25, 0.3) is 0 Å². The van der Waals surface area contributed by atoms with Gasteiger partial charge in [-0.15, -0.1) is 11.8 Å². The summed E-state index contributed by atoms with van der Waals surface area (Å²) in [5.41, 5.74) is 1.74. The number of rotatable bonds is 4. The summed E-state index contributed by atoms with van der Waals surface area (Å²) in [6.45, 7) is 0. The zero-order valence-corrected chi connectivity index (χ0v) is 10.4. The Morgan fingerprint density at radius 3 is 2.78 bits per heavy atom. The summed E-state index contributed by atoms with van der Waals surface area (Å²) in [6.07, 6.45) is 0.527. The van der Waals surface area contributed by atoms with Crippen molar-refractivity contribution in [3.63, 3.8) is 0 Å². The van der Waals surface area contributed by atoms with Crippen LogP contribution in [0.1, 0.15) is 5.56 Å². The lowest BCUT2D eigenvalue weighted by Gasteiger charge is -2.04. The molecule has 5 heteroatoms. The number of benzene rings is 1. The van der Waals surface area contributed by atoms with E-state index in [1.54, 1.807) is 30.1 Å². The first-order valence-corrected chi connectivity index (χ1v) is 6.35. The van der Waals surface area contributed by atoms with Crippen LogP contribution in [0.4, 0.5) is 10.5 Å². The van der Waals surface area contributed by atoms with Crippen LogP contribution < -0.4 is 5.32 Å². The highest BCUT2D eigenvalue weighted by atomic mass is 32.2. The maximum atomic E-state index is 10.5. The number of nitrogens with zero attached hydrogens (tertiary/aromatic N) is 1. The van der Waals surface area contributed by atoms with Crippen molar-refractivity contribution in [3.8, 4) is 0 Å². The Labute approximate surface area is 109 Å². The van der Waals surface area contributed by atoms with Gasteiger partial charge in [-0.25, -0.2) is 9.78 Å². The van der Waals surface area contributed by atoms with E-state index in [1.165, 1.54) is 5.56 Å². The minimum Gasteiger partial charge on any atom is -0.465 e. The lowest BCUT2D eigenvalue weighted by molar-refractivity contribution is 0.209. The smallest absolute Gasteiger partial charge is 0.409 e. The van der Waals surface area contributed by atoms with Gasteiger partial charge in [0.1, 0.15) is 0 Å². The molecule has 2 N–H and O–H groups in total. The quantitative estimate of drug-likeness (QED) is 0.826. The average Bonchev–Trinajstić information content (AvgIpc) is 2.37. The van der Waals surface area contributed by atoms with Gasteiger partial charge in [-0.3, -0.25) is 5.32 Å². The molecule has 2 rings (SSSR count). The second kappa shape index (κ2) is 6.07. The summed E-state index contributed by atoms with van der Waals surface area (Å²) in [7, 11) is 0. The molecule has 0 aliphatic heterocycles. The van der Waals surface area contributed by atoms with Crippen LogP contribution in [-0.4, -0.2) is 16.2 Å². The van der Waals surface area contributed by atoms with E-state index in [0.29, 0.717) is 5.69 Å². The number of carbonyl (C=O) groups is 1. The van der Waals surface area contributed by atoms with Gasteiger partial charge >= 0.3 is 6.09 Å². The predicted molar refractivity (Wildman–Crippen MR) is 71.9 cm³/mol. The summed E-state index contributed by atoms with van der Waals surface area (Å²) >= 11 is 1.57. The molecule has 0 saturated heterocycles. The van der Waals surface area contributed by atoms with Crippen molar-refractivity contribution in [3.05, 3.63) is 54.2 Å². The number of hydrogen-bond acceptors (Lipinski definition) is 3. The van der Waals surface area contributed by atoms with Gasteiger partial charge in [-0.2, -0.15) is 0 Å². The molecule has 0 aliphatic rings. The first-order valence-electron chi connectivity index (χ1n) is 5.37. The minimum absolute atomic E-state index is 0.535. The van der Waals surface area contributed by atoms with E-state index in [0.717, 1.165) is 10.8 Å². The normalized spacial score (nSPS) is 10.0. The topological polar surface area (TPSA) is 62.2 Å². The monoisotopic (exact) mass is 260 g/mol. The number of aromatic nitrogens is 1. The fourth-order valence-corrected chi connectivity index (χ4v) is 2.27. The molecule has 1 aromatic heterocycles. The second-order valence-corrected chi connectivity index (χ2v) is 4.58. The molecule has 0 fully saturated rings. The molecule has 1 amide bonds. The highest BCUT2D eigenvalue weighted by Gasteiger charge is 2.01. The Kier molecular flexibility index (Phi) is 4.20. The molecule has 0 atom stereocenters. The number of anilines is 1. The third-order valence-electron chi connectivity index (χ3n) is 2.22. The molecule has 0 unspecified atom stereocenters. The van der Waals surface area contributed by atoms with Gasteiger partial charge in [0.05, 0.1) is 5.03 Å². The van der Waals surface area contributed by atoms with Crippen LogP contribution in [0, 0.1) is 0 Å². The van der Waals surface area contributed by atoms with Gasteiger partial charge in [0.25, 0.3) is 0 Å². The van der Waals surface area contributed by atoms with Gasteiger partial charge in [0.2, 0.25) is 0 Å². The lowest BCUT2D eigenvalue weighted by atomic mass is 10.2. The number of amides is 1. The number of hydrogen-bond donors (Lipinski definition) is 2. The van der Waals surface area contributed by atoms with Crippen molar-refractivity contribution in [2.75, 3.05) is 5.32 Å². The van der Waals surface area contributed by atoms with Gasteiger partial charge in [0, 0.05) is 17.6 Å². The van der Waals surface area contributed by atoms with Crippen molar-refractivity contribution in [2.24, 2.45) is 0 Å². The van der Waals surface area contributed by atoms with Crippen LogP contribution in [0.2, 0.25) is 0 Å². The molecule has 2 aromatic rings. The highest BCUT2D eigenvalue weighted by molar-refractivity contribution is 7.98. The van der Waals surface area contributed by atoms with Crippen LogP contribution in [-0.2, 0) is 5.75 Å². The van der Waals surface area contributed by atoms with E-state index in [-0.39, 0.29) is 0 Å². The zero-order chi connectivity index (χ0) is 12.8. The van der Waals surface area contributed by atoms with E-state index in [9.17, 15) is 4.79 Å². The van der Waals surface area contributed by atoms with Gasteiger partial charge in [-0.1, -0.05) is 30.3 Å². The fraction of sp³-hybridized carbons (Fsp3) is 0.0769. The molecule has 0 radical (unpaired) electrons. The second-order valence-electron chi connectivity index (χ2n) is 3.59. The average molecular weight is 260 g/mol. The number of nitrogens with one attached hydrogen (secondary N) is 1. The van der Waals surface area contributed by atoms with Crippen molar-refractivity contribution >= 4 is 23.5 Å². The summed E-state index contributed by atoms with van der Waals surface area (Å²) in [6, 6.07) is 13.4.